The van der Waals surface area contributed by atoms with Gasteiger partial charge in [0.25, 0.3) is 0 Å². The third kappa shape index (κ3) is 4.20. The SMILES string of the molecule is CCC(Cc1ccccc1)CC(C(=O)O)C(=O)O. The molecule has 0 heterocycles. The maximum atomic E-state index is 10.9. The summed E-state index contributed by atoms with van der Waals surface area (Å²) in [4.78, 5) is 21.7. The summed E-state index contributed by atoms with van der Waals surface area (Å²) in [6.45, 7) is 1.95. The van der Waals surface area contributed by atoms with E-state index in [1.54, 1.807) is 0 Å². The Morgan fingerprint density at radius 3 is 2.11 bits per heavy atom. The number of carbonyl (C=O) groups is 2. The van der Waals surface area contributed by atoms with Gasteiger partial charge in [-0.15, -0.1) is 0 Å². The molecule has 0 aromatic heterocycles. The third-order valence-corrected chi connectivity index (χ3v) is 3.11. The van der Waals surface area contributed by atoms with Crippen LogP contribution < -0.4 is 0 Å². The van der Waals surface area contributed by atoms with Crippen molar-refractivity contribution in [2.24, 2.45) is 11.8 Å². The highest BCUT2D eigenvalue weighted by molar-refractivity contribution is 5.92. The van der Waals surface area contributed by atoms with Crippen LogP contribution in [0, 0.1) is 11.8 Å². The second-order valence-electron chi connectivity index (χ2n) is 4.43. The Balaban J connectivity index is 2.67. The zero-order valence-electron chi connectivity index (χ0n) is 10.4. The Kier molecular flexibility index (Phi) is 5.36. The van der Waals surface area contributed by atoms with E-state index >= 15 is 0 Å². The number of rotatable bonds is 7. The van der Waals surface area contributed by atoms with Gasteiger partial charge in [0, 0.05) is 0 Å². The lowest BCUT2D eigenvalue weighted by Crippen LogP contribution is -2.26. The molecule has 1 rings (SSSR count). The van der Waals surface area contributed by atoms with Crippen molar-refractivity contribution >= 4 is 11.9 Å². The molecule has 0 amide bonds. The Morgan fingerprint density at radius 1 is 1.11 bits per heavy atom. The standard InChI is InChI=1S/C14H18O4/c1-2-10(8-11-6-4-3-5-7-11)9-12(13(15)16)14(17)18/h3-7,10,12H,2,8-9H2,1H3,(H,15,16)(H,17,18). The second-order valence-corrected chi connectivity index (χ2v) is 4.43. The van der Waals surface area contributed by atoms with E-state index in [1.807, 2.05) is 37.3 Å². The predicted octanol–water partition coefficient (Wildman–Crippen LogP) is 2.43. The lowest BCUT2D eigenvalue weighted by atomic mass is 9.87. The Morgan fingerprint density at radius 2 is 1.67 bits per heavy atom. The zero-order chi connectivity index (χ0) is 13.5. The molecular weight excluding hydrogens is 232 g/mol. The van der Waals surface area contributed by atoms with Crippen LogP contribution in [-0.4, -0.2) is 22.2 Å². The fourth-order valence-corrected chi connectivity index (χ4v) is 1.98. The van der Waals surface area contributed by atoms with Crippen molar-refractivity contribution in [3.63, 3.8) is 0 Å². The smallest absolute Gasteiger partial charge is 0.317 e. The van der Waals surface area contributed by atoms with Crippen LogP contribution in [0.15, 0.2) is 30.3 Å². The maximum absolute atomic E-state index is 10.9. The Bertz CT molecular complexity index is 386. The van der Waals surface area contributed by atoms with Gasteiger partial charge in [-0.1, -0.05) is 43.7 Å². The molecule has 0 saturated carbocycles. The van der Waals surface area contributed by atoms with Crippen LogP contribution >= 0.6 is 0 Å². The summed E-state index contributed by atoms with van der Waals surface area (Å²) in [5, 5.41) is 17.7. The quantitative estimate of drug-likeness (QED) is 0.729. The van der Waals surface area contributed by atoms with Gasteiger partial charge in [0.2, 0.25) is 0 Å². The average molecular weight is 250 g/mol. The highest BCUT2D eigenvalue weighted by Crippen LogP contribution is 2.21. The zero-order valence-corrected chi connectivity index (χ0v) is 10.4. The van der Waals surface area contributed by atoms with Crippen LogP contribution in [-0.2, 0) is 16.0 Å². The lowest BCUT2D eigenvalue weighted by molar-refractivity contribution is -0.155. The minimum atomic E-state index is -1.31. The third-order valence-electron chi connectivity index (χ3n) is 3.11. The van der Waals surface area contributed by atoms with Gasteiger partial charge in [-0.3, -0.25) is 9.59 Å². The highest BCUT2D eigenvalue weighted by Gasteiger charge is 2.28. The van der Waals surface area contributed by atoms with E-state index in [-0.39, 0.29) is 12.3 Å². The van der Waals surface area contributed by atoms with Gasteiger partial charge in [0.1, 0.15) is 0 Å². The van der Waals surface area contributed by atoms with Crippen molar-refractivity contribution in [3.8, 4) is 0 Å². The molecule has 0 spiro atoms. The predicted molar refractivity (Wildman–Crippen MR) is 67.3 cm³/mol. The van der Waals surface area contributed by atoms with E-state index in [0.717, 1.165) is 12.0 Å². The molecule has 0 aliphatic heterocycles. The minimum Gasteiger partial charge on any atom is -0.481 e. The minimum absolute atomic E-state index is 0.0737. The summed E-state index contributed by atoms with van der Waals surface area (Å²) in [5.74, 6) is -3.74. The lowest BCUT2D eigenvalue weighted by Gasteiger charge is -2.17. The summed E-state index contributed by atoms with van der Waals surface area (Å²) in [7, 11) is 0. The molecule has 0 radical (unpaired) electrons. The molecule has 4 nitrogen and oxygen atoms in total. The molecule has 0 bridgehead atoms. The highest BCUT2D eigenvalue weighted by atomic mass is 16.4. The number of hydrogen-bond donors (Lipinski definition) is 2. The van der Waals surface area contributed by atoms with Crippen LogP contribution in [0.5, 0.6) is 0 Å². The number of aliphatic carboxylic acids is 2. The first-order valence-corrected chi connectivity index (χ1v) is 6.04. The summed E-state index contributed by atoms with van der Waals surface area (Å²) in [6, 6.07) is 9.71. The molecule has 2 N–H and O–H groups in total. The van der Waals surface area contributed by atoms with Crippen LogP contribution in [0.3, 0.4) is 0 Å². The van der Waals surface area contributed by atoms with Gasteiger partial charge in [0.05, 0.1) is 0 Å². The van der Waals surface area contributed by atoms with Crippen molar-refractivity contribution in [3.05, 3.63) is 35.9 Å². The van der Waals surface area contributed by atoms with E-state index in [9.17, 15) is 9.59 Å². The first kappa shape index (κ1) is 14.2. The van der Waals surface area contributed by atoms with Crippen molar-refractivity contribution < 1.29 is 19.8 Å². The summed E-state index contributed by atoms with van der Waals surface area (Å²) in [6.07, 6.45) is 1.66. The maximum Gasteiger partial charge on any atom is 0.317 e. The average Bonchev–Trinajstić information content (AvgIpc) is 2.34. The van der Waals surface area contributed by atoms with Gasteiger partial charge in [-0.05, 0) is 24.3 Å². The van der Waals surface area contributed by atoms with E-state index in [1.165, 1.54) is 0 Å². The monoisotopic (exact) mass is 250 g/mol. The fraction of sp³-hybridized carbons (Fsp3) is 0.429. The van der Waals surface area contributed by atoms with E-state index < -0.39 is 17.9 Å². The Labute approximate surface area is 106 Å². The molecule has 1 aromatic rings. The first-order valence-electron chi connectivity index (χ1n) is 6.04. The largest absolute Gasteiger partial charge is 0.481 e. The molecule has 98 valence electrons. The Hall–Kier alpha value is -1.84. The first-order chi connectivity index (χ1) is 8.54. The summed E-state index contributed by atoms with van der Waals surface area (Å²) < 4.78 is 0. The molecule has 0 saturated heterocycles. The van der Waals surface area contributed by atoms with Crippen LogP contribution in [0.1, 0.15) is 25.3 Å². The van der Waals surface area contributed by atoms with E-state index in [4.69, 9.17) is 10.2 Å². The molecule has 1 unspecified atom stereocenters. The molecule has 1 aromatic carbocycles. The van der Waals surface area contributed by atoms with Crippen LogP contribution in [0.25, 0.3) is 0 Å². The van der Waals surface area contributed by atoms with E-state index in [2.05, 4.69) is 0 Å². The van der Waals surface area contributed by atoms with Gasteiger partial charge in [0.15, 0.2) is 5.92 Å². The number of benzene rings is 1. The van der Waals surface area contributed by atoms with Crippen molar-refractivity contribution in [2.45, 2.75) is 26.2 Å². The normalized spacial score (nSPS) is 12.3. The molecule has 0 aliphatic carbocycles. The van der Waals surface area contributed by atoms with Gasteiger partial charge < -0.3 is 10.2 Å². The van der Waals surface area contributed by atoms with Crippen molar-refractivity contribution in [2.75, 3.05) is 0 Å². The van der Waals surface area contributed by atoms with Crippen LogP contribution in [0.2, 0.25) is 0 Å². The van der Waals surface area contributed by atoms with Crippen molar-refractivity contribution in [1.82, 2.24) is 0 Å². The number of carboxylic acids is 2. The van der Waals surface area contributed by atoms with Crippen molar-refractivity contribution in [1.29, 1.82) is 0 Å². The molecule has 4 heteroatoms. The van der Waals surface area contributed by atoms with Gasteiger partial charge in [-0.25, -0.2) is 0 Å². The fourth-order valence-electron chi connectivity index (χ4n) is 1.98. The molecule has 1 atom stereocenters. The van der Waals surface area contributed by atoms with Gasteiger partial charge >= 0.3 is 11.9 Å². The molecule has 0 aliphatic rings. The van der Waals surface area contributed by atoms with Gasteiger partial charge in [-0.2, -0.15) is 0 Å². The second kappa shape index (κ2) is 6.79. The summed E-state index contributed by atoms with van der Waals surface area (Å²) in [5.41, 5.74) is 1.11. The number of carboxylic acid groups (broad SMARTS) is 2. The molecule has 18 heavy (non-hydrogen) atoms. The van der Waals surface area contributed by atoms with E-state index in [0.29, 0.717) is 6.42 Å². The number of hydrogen-bond acceptors (Lipinski definition) is 2. The summed E-state index contributed by atoms with van der Waals surface area (Å²) >= 11 is 0. The molecular formula is C14H18O4. The topological polar surface area (TPSA) is 74.6 Å². The molecule has 0 fully saturated rings. The van der Waals surface area contributed by atoms with Crippen LogP contribution in [0.4, 0.5) is 0 Å².